The van der Waals surface area contributed by atoms with Crippen LogP contribution in [0.3, 0.4) is 0 Å². The van der Waals surface area contributed by atoms with Crippen molar-refractivity contribution in [2.75, 3.05) is 6.61 Å². The maximum atomic E-state index is 13.5. The van der Waals surface area contributed by atoms with Crippen molar-refractivity contribution in [3.63, 3.8) is 0 Å². The lowest BCUT2D eigenvalue weighted by atomic mass is 9.88. The van der Waals surface area contributed by atoms with E-state index < -0.39 is 72.7 Å². The van der Waals surface area contributed by atoms with E-state index >= 15 is 0 Å². The third-order valence-electron chi connectivity index (χ3n) is 3.86. The monoisotopic (exact) mass is 548 g/mol. The van der Waals surface area contributed by atoms with E-state index in [9.17, 15) is 79.4 Å². The van der Waals surface area contributed by atoms with Gasteiger partial charge in [-0.15, -0.1) is 0 Å². The number of ether oxygens (including phenoxy) is 1. The Kier molecular flexibility index (Phi) is 8.36. The molecule has 0 heterocycles. The van der Waals surface area contributed by atoms with Gasteiger partial charge >= 0.3 is 53.6 Å². The van der Waals surface area contributed by atoms with Crippen LogP contribution in [0, 0.1) is 0 Å². The van der Waals surface area contributed by atoms with Crippen LogP contribution < -0.4 is 0 Å². The van der Waals surface area contributed by atoms with Gasteiger partial charge in [-0.2, -0.15) is 74.6 Å². The number of alkyl halides is 17. The lowest BCUT2D eigenvalue weighted by Gasteiger charge is -2.43. The molecule has 202 valence electrons. The third-order valence-corrected chi connectivity index (χ3v) is 3.86. The highest BCUT2D eigenvalue weighted by molar-refractivity contribution is 5.81. The Morgan fingerprint density at radius 2 is 1.00 bits per heavy atom. The Morgan fingerprint density at radius 1 is 0.676 bits per heavy atom. The number of aliphatic hydroxyl groups is 1. The molecule has 0 rings (SSSR count). The summed E-state index contributed by atoms with van der Waals surface area (Å²) >= 11 is 0. The predicted octanol–water partition coefficient (Wildman–Crippen LogP) is 5.48. The van der Waals surface area contributed by atoms with E-state index in [1.807, 2.05) is 0 Å². The van der Waals surface area contributed by atoms with Gasteiger partial charge in [0.2, 0.25) is 0 Å². The fourth-order valence-electron chi connectivity index (χ4n) is 1.92. The van der Waals surface area contributed by atoms with Gasteiger partial charge in [0, 0.05) is 12.5 Å². The molecule has 0 saturated heterocycles. The Balaban J connectivity index is 6.39. The molecule has 0 aliphatic heterocycles. The van der Waals surface area contributed by atoms with Gasteiger partial charge in [-0.05, 0) is 0 Å². The topological polar surface area (TPSA) is 46.5 Å². The van der Waals surface area contributed by atoms with Crippen LogP contribution >= 0.6 is 0 Å². The summed E-state index contributed by atoms with van der Waals surface area (Å²) in [6, 6.07) is 0. The van der Waals surface area contributed by atoms with Crippen molar-refractivity contribution >= 4 is 5.97 Å². The van der Waals surface area contributed by atoms with Crippen LogP contribution in [0.2, 0.25) is 0 Å². The van der Waals surface area contributed by atoms with Crippen molar-refractivity contribution in [3.8, 4) is 0 Å². The molecule has 0 fully saturated rings. The van der Waals surface area contributed by atoms with Gasteiger partial charge in [-0.1, -0.05) is 6.58 Å². The summed E-state index contributed by atoms with van der Waals surface area (Å²) in [5.41, 5.74) is 0. The molecule has 0 bridgehead atoms. The predicted molar refractivity (Wildman–Crippen MR) is 72.5 cm³/mol. The summed E-state index contributed by atoms with van der Waals surface area (Å²) < 4.78 is 226. The number of esters is 1. The molecule has 0 aliphatic rings. The SMILES string of the molecule is C=CC(=O)OC[C@@H](O)CC(F)(F)C(F)(F)C(F)(F)C(F)(F)C(F)(F)C(F)(F)C(F)(F)C(F)(F)F. The zero-order valence-corrected chi connectivity index (χ0v) is 15.5. The number of aliphatic hydroxyl groups excluding tert-OH is 1. The minimum Gasteiger partial charge on any atom is -0.460 e. The van der Waals surface area contributed by atoms with Crippen LogP contribution in [-0.4, -0.2) is 71.4 Å². The lowest BCUT2D eigenvalue weighted by molar-refractivity contribution is -0.462. The number of carbonyl (C=O) groups is 1. The first-order chi connectivity index (χ1) is 14.6. The van der Waals surface area contributed by atoms with Crippen LogP contribution in [0.4, 0.5) is 74.6 Å². The number of carbonyl (C=O) groups excluding carboxylic acids is 1. The highest BCUT2D eigenvalue weighted by atomic mass is 19.4. The molecule has 0 aromatic heterocycles. The zero-order chi connectivity index (χ0) is 28.0. The highest BCUT2D eigenvalue weighted by Gasteiger charge is 2.95. The summed E-state index contributed by atoms with van der Waals surface area (Å²) in [4.78, 5) is 10.6. The van der Waals surface area contributed by atoms with E-state index in [4.69, 9.17) is 5.11 Å². The van der Waals surface area contributed by atoms with Gasteiger partial charge in [-0.25, -0.2) is 4.79 Å². The smallest absolute Gasteiger partial charge is 0.460 e. The van der Waals surface area contributed by atoms with Gasteiger partial charge < -0.3 is 9.84 Å². The van der Waals surface area contributed by atoms with Gasteiger partial charge in [0.05, 0.1) is 6.10 Å². The first-order valence-corrected chi connectivity index (χ1v) is 7.78. The molecule has 0 amide bonds. The van der Waals surface area contributed by atoms with E-state index in [0.717, 1.165) is 0 Å². The second-order valence-corrected chi connectivity index (χ2v) is 6.34. The van der Waals surface area contributed by atoms with Crippen LogP contribution in [0.1, 0.15) is 6.42 Å². The average Bonchev–Trinajstić information content (AvgIpc) is 2.63. The molecule has 20 heteroatoms. The van der Waals surface area contributed by atoms with Crippen molar-refractivity contribution in [1.82, 2.24) is 0 Å². The quantitative estimate of drug-likeness (QED) is 0.212. The second kappa shape index (κ2) is 8.89. The molecular formula is C14H9F17O3. The molecule has 1 N–H and O–H groups in total. The van der Waals surface area contributed by atoms with E-state index in [1.54, 1.807) is 0 Å². The Hall–Kier alpha value is -2.02. The summed E-state index contributed by atoms with van der Waals surface area (Å²) in [7, 11) is 0. The highest BCUT2D eigenvalue weighted by Crippen LogP contribution is 2.64. The molecule has 3 nitrogen and oxygen atoms in total. The standard InChI is InChI=1S/C14H9F17O3/c1-2-6(33)34-4-5(32)3-7(15,16)8(17,18)9(19,20)10(21,22)11(23,24)12(25,26)13(27,28)14(29,30)31/h2,5,32H,1,3-4H2/t5-/m0/s1. The Morgan fingerprint density at radius 3 is 1.32 bits per heavy atom. The van der Waals surface area contributed by atoms with Crippen molar-refractivity contribution < 1.29 is 89.3 Å². The Labute approximate surface area is 176 Å². The van der Waals surface area contributed by atoms with Gasteiger partial charge in [0.15, 0.2) is 0 Å². The maximum absolute atomic E-state index is 13.5. The van der Waals surface area contributed by atoms with Crippen molar-refractivity contribution in [2.24, 2.45) is 0 Å². The largest absolute Gasteiger partial charge is 0.460 e. The molecule has 0 spiro atoms. The number of rotatable bonds is 11. The molecule has 0 aromatic rings. The first-order valence-electron chi connectivity index (χ1n) is 7.78. The van der Waals surface area contributed by atoms with Crippen LogP contribution in [0.15, 0.2) is 12.7 Å². The molecular weight excluding hydrogens is 539 g/mol. The van der Waals surface area contributed by atoms with Gasteiger partial charge in [-0.3, -0.25) is 0 Å². The Bertz CT molecular complexity index is 755. The lowest BCUT2D eigenvalue weighted by Crippen LogP contribution is -2.74. The molecule has 0 aliphatic carbocycles. The number of halogens is 17. The van der Waals surface area contributed by atoms with Crippen molar-refractivity contribution in [2.45, 2.75) is 60.2 Å². The summed E-state index contributed by atoms with van der Waals surface area (Å²) in [6.07, 6.45) is -13.8. The van der Waals surface area contributed by atoms with Crippen LogP contribution in [0.5, 0.6) is 0 Å². The summed E-state index contributed by atoms with van der Waals surface area (Å²) in [6.45, 7) is 0.978. The third kappa shape index (κ3) is 4.73. The first kappa shape index (κ1) is 32.0. The molecule has 0 unspecified atom stereocenters. The fraction of sp³-hybridized carbons (Fsp3) is 0.786. The second-order valence-electron chi connectivity index (χ2n) is 6.34. The van der Waals surface area contributed by atoms with E-state index in [2.05, 4.69) is 11.3 Å². The summed E-state index contributed by atoms with van der Waals surface area (Å²) in [5, 5.41) is 9.00. The van der Waals surface area contributed by atoms with Crippen molar-refractivity contribution in [3.05, 3.63) is 12.7 Å². The normalized spacial score (nSPS) is 16.3. The molecule has 1 atom stereocenters. The van der Waals surface area contributed by atoms with Gasteiger partial charge in [0.1, 0.15) is 6.61 Å². The molecule has 0 radical (unpaired) electrons. The van der Waals surface area contributed by atoms with Crippen molar-refractivity contribution in [1.29, 1.82) is 0 Å². The molecule has 34 heavy (non-hydrogen) atoms. The van der Waals surface area contributed by atoms with E-state index in [0.29, 0.717) is 0 Å². The molecule has 0 saturated carbocycles. The zero-order valence-electron chi connectivity index (χ0n) is 15.5. The minimum atomic E-state index is -8.72. The molecule has 0 aromatic carbocycles. The van der Waals surface area contributed by atoms with Crippen LogP contribution in [0.25, 0.3) is 0 Å². The minimum absolute atomic E-state index is 0.285. The van der Waals surface area contributed by atoms with Crippen LogP contribution in [-0.2, 0) is 9.53 Å². The number of hydrogen-bond donors (Lipinski definition) is 1. The summed E-state index contributed by atoms with van der Waals surface area (Å²) in [5.74, 6) is -58.9. The maximum Gasteiger partial charge on any atom is 0.460 e. The number of hydrogen-bond acceptors (Lipinski definition) is 3. The van der Waals surface area contributed by atoms with E-state index in [1.165, 1.54) is 0 Å². The van der Waals surface area contributed by atoms with Gasteiger partial charge in [0.25, 0.3) is 0 Å². The fourth-order valence-corrected chi connectivity index (χ4v) is 1.92. The average molecular weight is 548 g/mol. The van der Waals surface area contributed by atoms with E-state index in [-0.39, 0.29) is 6.08 Å².